The largest absolute Gasteiger partial charge is 0.389 e. The molecule has 13 heavy (non-hydrogen) atoms. The minimum atomic E-state index is -0.808. The molecule has 0 aliphatic heterocycles. The third kappa shape index (κ3) is 6.05. The minimum absolute atomic E-state index is 0.0847. The number of hydrogen-bond acceptors (Lipinski definition) is 2. The molecule has 0 saturated heterocycles. The number of amides is 1. The van der Waals surface area contributed by atoms with Crippen LogP contribution in [0.15, 0.2) is 0 Å². The highest BCUT2D eigenvalue weighted by Crippen LogP contribution is 2.06. The van der Waals surface area contributed by atoms with E-state index in [1.54, 1.807) is 18.7 Å². The topological polar surface area (TPSA) is 40.5 Å². The number of carbonyl (C=O) groups is 1. The SMILES string of the molecule is CCN(CC(C)(C)O)C(=O)CCBr. The highest BCUT2D eigenvalue weighted by atomic mass is 79.9. The molecule has 0 aliphatic rings. The zero-order valence-electron chi connectivity index (χ0n) is 8.51. The van der Waals surface area contributed by atoms with E-state index in [-0.39, 0.29) is 5.91 Å². The highest BCUT2D eigenvalue weighted by molar-refractivity contribution is 9.09. The van der Waals surface area contributed by atoms with Crippen molar-refractivity contribution in [2.24, 2.45) is 0 Å². The Morgan fingerprint density at radius 1 is 1.54 bits per heavy atom. The zero-order valence-corrected chi connectivity index (χ0v) is 10.1. The molecule has 0 aromatic heterocycles. The lowest BCUT2D eigenvalue weighted by atomic mass is 10.1. The van der Waals surface area contributed by atoms with Gasteiger partial charge in [0.15, 0.2) is 0 Å². The van der Waals surface area contributed by atoms with Gasteiger partial charge in [-0.2, -0.15) is 0 Å². The summed E-state index contributed by atoms with van der Waals surface area (Å²) in [5.74, 6) is 0.0847. The van der Waals surface area contributed by atoms with E-state index in [1.807, 2.05) is 6.92 Å². The van der Waals surface area contributed by atoms with Gasteiger partial charge in [0.05, 0.1) is 5.60 Å². The molecule has 0 aromatic rings. The van der Waals surface area contributed by atoms with Gasteiger partial charge in [-0.15, -0.1) is 0 Å². The van der Waals surface area contributed by atoms with Crippen molar-refractivity contribution in [3.63, 3.8) is 0 Å². The average Bonchev–Trinajstić information content (AvgIpc) is 1.99. The van der Waals surface area contributed by atoms with Crippen LogP contribution in [0.1, 0.15) is 27.2 Å². The second-order valence-electron chi connectivity index (χ2n) is 3.66. The first-order valence-corrected chi connectivity index (χ1v) is 5.59. The van der Waals surface area contributed by atoms with Crippen molar-refractivity contribution >= 4 is 21.8 Å². The third-order valence-electron chi connectivity index (χ3n) is 1.62. The summed E-state index contributed by atoms with van der Waals surface area (Å²) in [6, 6.07) is 0. The molecule has 0 unspecified atom stereocenters. The van der Waals surface area contributed by atoms with Crippen molar-refractivity contribution in [1.82, 2.24) is 4.90 Å². The van der Waals surface area contributed by atoms with Gasteiger partial charge in [0.25, 0.3) is 0 Å². The molecule has 3 nitrogen and oxygen atoms in total. The van der Waals surface area contributed by atoms with Crippen LogP contribution < -0.4 is 0 Å². The van der Waals surface area contributed by atoms with Crippen molar-refractivity contribution in [3.05, 3.63) is 0 Å². The van der Waals surface area contributed by atoms with Crippen LogP contribution in [0.4, 0.5) is 0 Å². The van der Waals surface area contributed by atoms with E-state index in [4.69, 9.17) is 0 Å². The molecule has 0 heterocycles. The lowest BCUT2D eigenvalue weighted by Crippen LogP contribution is -2.42. The van der Waals surface area contributed by atoms with Gasteiger partial charge in [-0.05, 0) is 20.8 Å². The standard InChI is InChI=1S/C9H18BrNO2/c1-4-11(7-9(2,3)13)8(12)5-6-10/h13H,4-7H2,1-3H3. The van der Waals surface area contributed by atoms with Gasteiger partial charge in [-0.3, -0.25) is 4.79 Å². The van der Waals surface area contributed by atoms with Crippen molar-refractivity contribution in [2.75, 3.05) is 18.4 Å². The molecule has 0 rings (SSSR count). The lowest BCUT2D eigenvalue weighted by molar-refractivity contribution is -0.133. The number of nitrogens with zero attached hydrogens (tertiary/aromatic N) is 1. The van der Waals surface area contributed by atoms with Gasteiger partial charge in [0.1, 0.15) is 0 Å². The molecule has 78 valence electrons. The monoisotopic (exact) mass is 251 g/mol. The summed E-state index contributed by atoms with van der Waals surface area (Å²) < 4.78 is 0. The average molecular weight is 252 g/mol. The van der Waals surface area contributed by atoms with Crippen molar-refractivity contribution in [2.45, 2.75) is 32.8 Å². The molecular formula is C9H18BrNO2. The number of hydrogen-bond donors (Lipinski definition) is 1. The van der Waals surface area contributed by atoms with Crippen molar-refractivity contribution < 1.29 is 9.90 Å². The summed E-state index contributed by atoms with van der Waals surface area (Å²) in [6.07, 6.45) is 0.490. The van der Waals surface area contributed by atoms with Gasteiger partial charge >= 0.3 is 0 Å². The first-order chi connectivity index (χ1) is 5.90. The summed E-state index contributed by atoms with van der Waals surface area (Å²) in [7, 11) is 0. The number of carbonyl (C=O) groups excluding carboxylic acids is 1. The third-order valence-corrected chi connectivity index (χ3v) is 2.02. The molecular weight excluding hydrogens is 234 g/mol. The molecule has 4 heteroatoms. The Hall–Kier alpha value is -0.0900. The van der Waals surface area contributed by atoms with Gasteiger partial charge in [0, 0.05) is 24.8 Å². The smallest absolute Gasteiger partial charge is 0.223 e. The molecule has 1 amide bonds. The second kappa shape index (κ2) is 5.60. The number of rotatable bonds is 5. The Balaban J connectivity index is 4.10. The van der Waals surface area contributed by atoms with Crippen LogP contribution in [0.25, 0.3) is 0 Å². The van der Waals surface area contributed by atoms with Crippen molar-refractivity contribution in [1.29, 1.82) is 0 Å². The van der Waals surface area contributed by atoms with Crippen LogP contribution in [0.3, 0.4) is 0 Å². The maximum atomic E-state index is 11.4. The van der Waals surface area contributed by atoms with Gasteiger partial charge in [0.2, 0.25) is 5.91 Å². The maximum absolute atomic E-state index is 11.4. The predicted molar refractivity (Wildman–Crippen MR) is 57.0 cm³/mol. The highest BCUT2D eigenvalue weighted by Gasteiger charge is 2.20. The van der Waals surface area contributed by atoms with Crippen LogP contribution in [-0.2, 0) is 4.79 Å². The zero-order chi connectivity index (χ0) is 10.5. The quantitative estimate of drug-likeness (QED) is 0.751. The van der Waals surface area contributed by atoms with Gasteiger partial charge < -0.3 is 10.0 Å². The first kappa shape index (κ1) is 12.9. The number of likely N-dealkylation sites (N-methyl/N-ethyl adjacent to an activating group) is 1. The van der Waals surface area contributed by atoms with Crippen LogP contribution in [0, 0.1) is 0 Å². The summed E-state index contributed by atoms with van der Waals surface area (Å²) >= 11 is 3.22. The second-order valence-corrected chi connectivity index (χ2v) is 4.45. The molecule has 0 spiro atoms. The molecule has 1 N–H and O–H groups in total. The van der Waals surface area contributed by atoms with Crippen LogP contribution >= 0.6 is 15.9 Å². The maximum Gasteiger partial charge on any atom is 0.223 e. The molecule has 0 aliphatic carbocycles. The Morgan fingerprint density at radius 2 is 2.08 bits per heavy atom. The van der Waals surface area contributed by atoms with E-state index in [0.29, 0.717) is 24.8 Å². The fraction of sp³-hybridized carbons (Fsp3) is 0.889. The number of aliphatic hydroxyl groups is 1. The summed E-state index contributed by atoms with van der Waals surface area (Å²) in [6.45, 7) is 6.37. The summed E-state index contributed by atoms with van der Waals surface area (Å²) in [5, 5.41) is 10.2. The predicted octanol–water partition coefficient (Wildman–Crippen LogP) is 1.39. The van der Waals surface area contributed by atoms with E-state index in [1.165, 1.54) is 0 Å². The van der Waals surface area contributed by atoms with Crippen LogP contribution in [0.2, 0.25) is 0 Å². The van der Waals surface area contributed by atoms with E-state index in [9.17, 15) is 9.90 Å². The van der Waals surface area contributed by atoms with Crippen molar-refractivity contribution in [3.8, 4) is 0 Å². The first-order valence-electron chi connectivity index (χ1n) is 4.47. The van der Waals surface area contributed by atoms with E-state index in [0.717, 1.165) is 0 Å². The molecule has 0 aromatic carbocycles. The molecule has 0 saturated carbocycles. The molecule has 0 fully saturated rings. The fourth-order valence-corrected chi connectivity index (χ4v) is 1.42. The summed E-state index contributed by atoms with van der Waals surface area (Å²) in [5.41, 5.74) is -0.808. The molecule has 0 atom stereocenters. The van der Waals surface area contributed by atoms with E-state index in [2.05, 4.69) is 15.9 Å². The minimum Gasteiger partial charge on any atom is -0.389 e. The lowest BCUT2D eigenvalue weighted by Gasteiger charge is -2.27. The van der Waals surface area contributed by atoms with Crippen LogP contribution in [-0.4, -0.2) is 39.9 Å². The van der Waals surface area contributed by atoms with Gasteiger partial charge in [-0.1, -0.05) is 15.9 Å². The summed E-state index contributed by atoms with van der Waals surface area (Å²) in [4.78, 5) is 13.1. The van der Waals surface area contributed by atoms with Crippen LogP contribution in [0.5, 0.6) is 0 Å². The van der Waals surface area contributed by atoms with E-state index >= 15 is 0 Å². The van der Waals surface area contributed by atoms with Gasteiger partial charge in [-0.25, -0.2) is 0 Å². The molecule has 0 radical (unpaired) electrons. The Bertz CT molecular complexity index is 165. The normalized spacial score (nSPS) is 11.5. The Morgan fingerprint density at radius 3 is 2.38 bits per heavy atom. The van der Waals surface area contributed by atoms with E-state index < -0.39 is 5.60 Å². The number of alkyl halides is 1. The number of halogens is 1. The Kier molecular flexibility index (Phi) is 5.56. The molecule has 0 bridgehead atoms. The Labute approximate surface area is 88.2 Å². The fourth-order valence-electron chi connectivity index (χ4n) is 1.08.